The molecule has 1 N–H and O–H groups in total. The fraction of sp³-hybridized carbons (Fsp3) is 0.750. The molecule has 1 aliphatic rings. The first kappa shape index (κ1) is 16.0. The van der Waals surface area contributed by atoms with Crippen LogP contribution in [0, 0.1) is 0 Å². The molecule has 1 saturated heterocycles. The molecule has 1 aromatic rings. The average Bonchev–Trinajstić information content (AvgIpc) is 2.52. The normalized spacial score (nSPS) is 19.1. The summed E-state index contributed by atoms with van der Waals surface area (Å²) in [5.74, 6) is 2.45. The topological polar surface area (TPSA) is 50.3 Å². The largest absolute Gasteiger partial charge is 0.377 e. The molecule has 1 atom stereocenters. The molecule has 0 bridgehead atoms. The lowest BCUT2D eigenvalue weighted by Crippen LogP contribution is -2.46. The quantitative estimate of drug-likeness (QED) is 0.873. The van der Waals surface area contributed by atoms with Crippen LogP contribution < -0.4 is 10.2 Å². The van der Waals surface area contributed by atoms with Crippen molar-refractivity contribution in [1.82, 2.24) is 9.97 Å². The van der Waals surface area contributed by atoms with Crippen LogP contribution in [0.15, 0.2) is 6.33 Å². The molecule has 21 heavy (non-hydrogen) atoms. The fourth-order valence-electron chi connectivity index (χ4n) is 2.80. The van der Waals surface area contributed by atoms with Crippen molar-refractivity contribution >= 4 is 11.6 Å². The van der Waals surface area contributed by atoms with Gasteiger partial charge in [-0.25, -0.2) is 9.97 Å². The van der Waals surface area contributed by atoms with E-state index >= 15 is 0 Å². The average molecular weight is 292 g/mol. The van der Waals surface area contributed by atoms with Gasteiger partial charge in [0.1, 0.15) is 18.0 Å². The standard InChI is InChI=1S/C16H28N4O/c1-5-7-17-15-14(12(3)4)16(19-11-18-15)20-8-9-21-10-13(20)6-2/h11-13H,5-10H2,1-4H3,(H,17,18,19). The molecule has 0 radical (unpaired) electrons. The Labute approximate surface area is 128 Å². The third-order valence-corrected chi connectivity index (χ3v) is 3.95. The molecule has 1 aromatic heterocycles. The Morgan fingerprint density at radius 2 is 2.19 bits per heavy atom. The van der Waals surface area contributed by atoms with Crippen molar-refractivity contribution in [3.8, 4) is 0 Å². The molecule has 0 spiro atoms. The van der Waals surface area contributed by atoms with Gasteiger partial charge in [0.05, 0.1) is 19.3 Å². The van der Waals surface area contributed by atoms with E-state index in [1.54, 1.807) is 6.33 Å². The second-order valence-electron chi connectivity index (χ2n) is 5.87. The van der Waals surface area contributed by atoms with Gasteiger partial charge >= 0.3 is 0 Å². The molecule has 2 rings (SSSR count). The Bertz CT molecular complexity index is 450. The minimum atomic E-state index is 0.390. The first-order valence-electron chi connectivity index (χ1n) is 8.12. The maximum Gasteiger partial charge on any atom is 0.137 e. The number of nitrogens with zero attached hydrogens (tertiary/aromatic N) is 3. The monoisotopic (exact) mass is 292 g/mol. The van der Waals surface area contributed by atoms with Crippen LogP contribution in [0.1, 0.15) is 52.0 Å². The Hall–Kier alpha value is -1.36. The van der Waals surface area contributed by atoms with Gasteiger partial charge in [0, 0.05) is 18.7 Å². The predicted molar refractivity (Wildman–Crippen MR) is 87.1 cm³/mol. The number of morpholine rings is 1. The van der Waals surface area contributed by atoms with Gasteiger partial charge in [-0.3, -0.25) is 0 Å². The molecule has 118 valence electrons. The molecule has 5 nitrogen and oxygen atoms in total. The van der Waals surface area contributed by atoms with Crippen molar-refractivity contribution in [1.29, 1.82) is 0 Å². The number of aromatic nitrogens is 2. The van der Waals surface area contributed by atoms with Crippen LogP contribution in [0.5, 0.6) is 0 Å². The molecule has 0 amide bonds. The van der Waals surface area contributed by atoms with Crippen LogP contribution in [0.25, 0.3) is 0 Å². The van der Waals surface area contributed by atoms with Gasteiger partial charge in [-0.1, -0.05) is 27.7 Å². The Kier molecular flexibility index (Phi) is 5.79. The van der Waals surface area contributed by atoms with Gasteiger partial charge in [-0.15, -0.1) is 0 Å². The van der Waals surface area contributed by atoms with E-state index in [4.69, 9.17) is 4.74 Å². The van der Waals surface area contributed by atoms with Gasteiger partial charge in [-0.05, 0) is 18.8 Å². The second kappa shape index (κ2) is 7.59. The summed E-state index contributed by atoms with van der Waals surface area (Å²) >= 11 is 0. The number of hydrogen-bond acceptors (Lipinski definition) is 5. The molecule has 5 heteroatoms. The zero-order chi connectivity index (χ0) is 15.2. The van der Waals surface area contributed by atoms with Crippen molar-refractivity contribution in [2.75, 3.05) is 36.5 Å². The van der Waals surface area contributed by atoms with E-state index < -0.39 is 0 Å². The van der Waals surface area contributed by atoms with E-state index in [1.807, 2.05) is 0 Å². The molecular weight excluding hydrogens is 264 g/mol. The van der Waals surface area contributed by atoms with Crippen LogP contribution in [0.2, 0.25) is 0 Å². The van der Waals surface area contributed by atoms with Crippen molar-refractivity contribution < 1.29 is 4.74 Å². The minimum Gasteiger partial charge on any atom is -0.377 e. The highest BCUT2D eigenvalue weighted by Gasteiger charge is 2.27. The molecule has 1 fully saturated rings. The fourth-order valence-corrected chi connectivity index (χ4v) is 2.80. The summed E-state index contributed by atoms with van der Waals surface area (Å²) in [4.78, 5) is 11.5. The number of hydrogen-bond donors (Lipinski definition) is 1. The van der Waals surface area contributed by atoms with Gasteiger partial charge in [-0.2, -0.15) is 0 Å². The van der Waals surface area contributed by atoms with Gasteiger partial charge in [0.25, 0.3) is 0 Å². The maximum atomic E-state index is 5.62. The Morgan fingerprint density at radius 3 is 2.86 bits per heavy atom. The van der Waals surface area contributed by atoms with E-state index in [0.717, 1.165) is 50.8 Å². The summed E-state index contributed by atoms with van der Waals surface area (Å²) in [6.07, 6.45) is 3.84. The van der Waals surface area contributed by atoms with E-state index in [0.29, 0.717) is 12.0 Å². The van der Waals surface area contributed by atoms with Crippen molar-refractivity contribution in [3.63, 3.8) is 0 Å². The minimum absolute atomic E-state index is 0.390. The van der Waals surface area contributed by atoms with Crippen LogP contribution >= 0.6 is 0 Å². The molecule has 1 aliphatic heterocycles. The molecule has 0 saturated carbocycles. The number of rotatable bonds is 6. The van der Waals surface area contributed by atoms with Crippen molar-refractivity contribution in [2.24, 2.45) is 0 Å². The van der Waals surface area contributed by atoms with E-state index in [-0.39, 0.29) is 0 Å². The molecule has 2 heterocycles. The Morgan fingerprint density at radius 1 is 1.38 bits per heavy atom. The zero-order valence-corrected chi connectivity index (χ0v) is 13.7. The summed E-state index contributed by atoms with van der Waals surface area (Å²) in [5.41, 5.74) is 1.23. The number of anilines is 2. The summed E-state index contributed by atoms with van der Waals surface area (Å²) in [6.45, 7) is 12.2. The first-order valence-corrected chi connectivity index (χ1v) is 8.12. The summed E-state index contributed by atoms with van der Waals surface area (Å²) in [7, 11) is 0. The summed E-state index contributed by atoms with van der Waals surface area (Å²) in [6, 6.07) is 0.408. The lowest BCUT2D eigenvalue weighted by atomic mass is 10.0. The molecule has 1 unspecified atom stereocenters. The van der Waals surface area contributed by atoms with E-state index in [9.17, 15) is 0 Å². The third kappa shape index (κ3) is 3.64. The highest BCUT2D eigenvalue weighted by Crippen LogP contribution is 2.32. The SMILES string of the molecule is CCCNc1ncnc(N2CCOCC2CC)c1C(C)C. The van der Waals surface area contributed by atoms with Crippen LogP contribution in [0.3, 0.4) is 0 Å². The second-order valence-corrected chi connectivity index (χ2v) is 5.87. The summed E-state index contributed by atoms with van der Waals surface area (Å²) < 4.78 is 5.62. The smallest absolute Gasteiger partial charge is 0.137 e. The highest BCUT2D eigenvalue weighted by molar-refractivity contribution is 5.61. The summed E-state index contributed by atoms with van der Waals surface area (Å²) in [5, 5.41) is 3.45. The highest BCUT2D eigenvalue weighted by atomic mass is 16.5. The van der Waals surface area contributed by atoms with E-state index in [1.165, 1.54) is 5.56 Å². The Balaban J connectivity index is 2.36. The maximum absolute atomic E-state index is 5.62. The number of ether oxygens (including phenoxy) is 1. The lowest BCUT2D eigenvalue weighted by molar-refractivity contribution is 0.0924. The molecule has 0 aliphatic carbocycles. The van der Waals surface area contributed by atoms with Gasteiger partial charge < -0.3 is 15.0 Å². The zero-order valence-electron chi connectivity index (χ0n) is 13.7. The molecular formula is C16H28N4O. The van der Waals surface area contributed by atoms with E-state index in [2.05, 4.69) is 47.9 Å². The van der Waals surface area contributed by atoms with Crippen molar-refractivity contribution in [3.05, 3.63) is 11.9 Å². The van der Waals surface area contributed by atoms with Crippen LogP contribution in [-0.2, 0) is 4.74 Å². The lowest BCUT2D eigenvalue weighted by Gasteiger charge is -2.37. The molecule has 0 aromatic carbocycles. The van der Waals surface area contributed by atoms with Gasteiger partial charge in [0.2, 0.25) is 0 Å². The third-order valence-electron chi connectivity index (χ3n) is 3.95. The first-order chi connectivity index (χ1) is 10.2. The van der Waals surface area contributed by atoms with Crippen LogP contribution in [-0.4, -0.2) is 42.3 Å². The van der Waals surface area contributed by atoms with Gasteiger partial charge in [0.15, 0.2) is 0 Å². The number of nitrogens with one attached hydrogen (secondary N) is 1. The van der Waals surface area contributed by atoms with Crippen molar-refractivity contribution in [2.45, 2.75) is 52.5 Å². The predicted octanol–water partition coefficient (Wildman–Crippen LogP) is 3.04. The van der Waals surface area contributed by atoms with Crippen LogP contribution in [0.4, 0.5) is 11.6 Å².